The molecular weight excluding hydrogens is 396 g/mol. The van der Waals surface area contributed by atoms with Gasteiger partial charge in [-0.1, -0.05) is 41.5 Å². The average molecular weight is 450 g/mol. The molecule has 5 fully saturated rings. The number of hydrogen-bond acceptors (Lipinski definition) is 3. The van der Waals surface area contributed by atoms with Crippen LogP contribution in [0.3, 0.4) is 0 Å². The van der Waals surface area contributed by atoms with Gasteiger partial charge in [-0.2, -0.15) is 0 Å². The highest BCUT2D eigenvalue weighted by Crippen LogP contribution is 2.82. The van der Waals surface area contributed by atoms with Gasteiger partial charge in [-0.15, -0.1) is 0 Å². The Morgan fingerprint density at radius 3 is 2.38 bits per heavy atom. The monoisotopic (exact) mass is 449 g/mol. The van der Waals surface area contributed by atoms with Crippen molar-refractivity contribution in [2.75, 3.05) is 7.11 Å². The van der Waals surface area contributed by atoms with Crippen LogP contribution in [0.1, 0.15) is 96.9 Å². The summed E-state index contributed by atoms with van der Waals surface area (Å²) in [7, 11) is 1.94. The molecule has 3 heteroatoms. The number of ether oxygens (including phenoxy) is 1. The lowest BCUT2D eigenvalue weighted by molar-refractivity contribution is -0.164. The first-order chi connectivity index (χ1) is 16.2. The number of fused-ring (bicyclic) bond motifs is 4. The van der Waals surface area contributed by atoms with Crippen LogP contribution in [0.2, 0.25) is 0 Å². The Kier molecular flexibility index (Phi) is 4.83. The Bertz CT molecular complexity index is 817. The van der Waals surface area contributed by atoms with Crippen LogP contribution in [0.4, 0.5) is 0 Å². The van der Waals surface area contributed by atoms with Gasteiger partial charge in [0.05, 0.1) is 18.3 Å². The van der Waals surface area contributed by atoms with Crippen LogP contribution in [0.15, 0.2) is 0 Å². The summed E-state index contributed by atoms with van der Waals surface area (Å²) in [5.74, 6) is 2.21. The van der Waals surface area contributed by atoms with Crippen LogP contribution in [-0.4, -0.2) is 35.6 Å². The van der Waals surface area contributed by atoms with Gasteiger partial charge in [-0.3, -0.25) is 0 Å². The van der Waals surface area contributed by atoms with Crippen molar-refractivity contribution < 1.29 is 19.1 Å². The van der Waals surface area contributed by atoms with Crippen molar-refractivity contribution in [1.29, 1.82) is 0 Å². The van der Waals surface area contributed by atoms with Gasteiger partial charge in [-0.25, -0.2) is 0 Å². The van der Waals surface area contributed by atoms with Crippen LogP contribution in [-0.2, 0) is 4.74 Å². The molecule has 0 saturated heterocycles. The molecule has 5 rings (SSSR count). The standard InChI is InChI=1S/C29H50O3/c1-16(2)17(3)25(30)26(31)18(4)21-8-9-22-20-14-24(32-7)29-15-19(29)10-13-28(29,6)23(20)11-12-27(21,22)5/h16-26,30-31H,8-15H2,1-7H3/t17-,18+,19-,20+,21-,22+,23+,24-,25-,26-,27-,28-,29+/m1/s1/i1D3/t16?,17-,18+,19-,20+,21-,22+,23+,24-,25-,26-,27-,28-,29+. The Morgan fingerprint density at radius 1 is 0.969 bits per heavy atom. The summed E-state index contributed by atoms with van der Waals surface area (Å²) in [5, 5.41) is 22.3. The maximum Gasteiger partial charge on any atom is 0.0830 e. The van der Waals surface area contributed by atoms with Crippen molar-refractivity contribution in [2.45, 2.75) is 111 Å². The first-order valence-electron chi connectivity index (χ1n) is 15.1. The minimum atomic E-state index is -2.13. The molecule has 14 atom stereocenters. The third-order valence-electron chi connectivity index (χ3n) is 12.8. The number of aliphatic hydroxyl groups excluding tert-OH is 2. The van der Waals surface area contributed by atoms with E-state index < -0.39 is 30.9 Å². The lowest BCUT2D eigenvalue weighted by atomic mass is 9.45. The van der Waals surface area contributed by atoms with Crippen molar-refractivity contribution in [3.63, 3.8) is 0 Å². The maximum atomic E-state index is 11.3. The molecule has 5 aliphatic rings. The van der Waals surface area contributed by atoms with Gasteiger partial charge in [0.25, 0.3) is 0 Å². The van der Waals surface area contributed by atoms with Gasteiger partial charge in [0.1, 0.15) is 0 Å². The Hall–Kier alpha value is -0.120. The second kappa shape index (κ2) is 7.69. The molecule has 0 aromatic rings. The third kappa shape index (κ3) is 2.89. The summed E-state index contributed by atoms with van der Waals surface area (Å²) >= 11 is 0. The van der Waals surface area contributed by atoms with E-state index in [0.717, 1.165) is 18.3 Å². The van der Waals surface area contributed by atoms with E-state index in [4.69, 9.17) is 8.85 Å². The zero-order valence-corrected chi connectivity index (χ0v) is 21.3. The fourth-order valence-corrected chi connectivity index (χ4v) is 10.6. The summed E-state index contributed by atoms with van der Waals surface area (Å²) in [5.41, 5.74) is 1.03. The van der Waals surface area contributed by atoms with E-state index >= 15 is 0 Å². The highest BCUT2D eigenvalue weighted by molar-refractivity contribution is 5.26. The minimum Gasteiger partial charge on any atom is -0.390 e. The summed E-state index contributed by atoms with van der Waals surface area (Å²) in [6.45, 7) is 8.50. The molecule has 32 heavy (non-hydrogen) atoms. The smallest absolute Gasteiger partial charge is 0.0830 e. The fourth-order valence-electron chi connectivity index (χ4n) is 10.6. The predicted octanol–water partition coefficient (Wildman–Crippen LogP) is 5.92. The van der Waals surface area contributed by atoms with E-state index in [1.165, 1.54) is 44.9 Å². The van der Waals surface area contributed by atoms with E-state index in [0.29, 0.717) is 34.7 Å². The SMILES string of the molecule is [2H]C([2H])([2H])C(C)[C@@H](C)[C@@H](O)[C@H](O)[C@@H](C)[C@H]1CC[C@H]2[C@@H]3C[C@@H](OC)[C@]45C[C@H]4CC[C@]5(C)[C@H]3CC[C@]12C. The number of aliphatic hydroxyl groups is 2. The van der Waals surface area contributed by atoms with Gasteiger partial charge < -0.3 is 14.9 Å². The molecule has 0 aromatic carbocycles. The molecule has 184 valence electrons. The van der Waals surface area contributed by atoms with Crippen LogP contribution in [0.25, 0.3) is 0 Å². The molecule has 2 N–H and O–H groups in total. The van der Waals surface area contributed by atoms with Crippen LogP contribution in [0, 0.1) is 63.6 Å². The largest absolute Gasteiger partial charge is 0.390 e. The summed E-state index contributed by atoms with van der Waals surface area (Å²) in [4.78, 5) is 0. The zero-order chi connectivity index (χ0) is 25.7. The van der Waals surface area contributed by atoms with Crippen LogP contribution >= 0.6 is 0 Å². The topological polar surface area (TPSA) is 49.7 Å². The molecule has 3 nitrogen and oxygen atoms in total. The molecular formula is C29H50O3. The molecule has 0 aliphatic heterocycles. The van der Waals surface area contributed by atoms with Crippen molar-refractivity contribution >= 4 is 0 Å². The summed E-state index contributed by atoms with van der Waals surface area (Å²) < 4.78 is 29.5. The lowest BCUT2D eigenvalue weighted by Gasteiger charge is -2.61. The first kappa shape index (κ1) is 20.1. The van der Waals surface area contributed by atoms with Gasteiger partial charge >= 0.3 is 0 Å². The number of methoxy groups -OCH3 is 1. The zero-order valence-electron chi connectivity index (χ0n) is 24.3. The molecule has 1 spiro atoms. The Balaban J connectivity index is 1.34. The van der Waals surface area contributed by atoms with Crippen LogP contribution in [0.5, 0.6) is 0 Å². The van der Waals surface area contributed by atoms with Crippen LogP contribution < -0.4 is 0 Å². The molecule has 5 saturated carbocycles. The van der Waals surface area contributed by atoms with Gasteiger partial charge in [-0.05, 0) is 110 Å². The van der Waals surface area contributed by atoms with Gasteiger partial charge in [0.2, 0.25) is 0 Å². The van der Waals surface area contributed by atoms with E-state index in [1.807, 2.05) is 7.11 Å². The normalized spacial score (nSPS) is 55.7. The quantitative estimate of drug-likeness (QED) is 0.529. The van der Waals surface area contributed by atoms with E-state index in [1.54, 1.807) is 13.8 Å². The van der Waals surface area contributed by atoms with E-state index in [9.17, 15) is 10.2 Å². The number of hydrogen-bond donors (Lipinski definition) is 2. The molecule has 0 amide bonds. The molecule has 1 unspecified atom stereocenters. The van der Waals surface area contributed by atoms with Gasteiger partial charge in [0, 0.05) is 16.6 Å². The molecule has 5 aliphatic carbocycles. The highest BCUT2D eigenvalue weighted by Gasteiger charge is 2.77. The van der Waals surface area contributed by atoms with Gasteiger partial charge in [0.15, 0.2) is 0 Å². The van der Waals surface area contributed by atoms with E-state index in [-0.39, 0.29) is 11.3 Å². The maximum absolute atomic E-state index is 11.3. The molecule has 0 aromatic heterocycles. The first-order valence-corrected chi connectivity index (χ1v) is 13.6. The predicted molar refractivity (Wildman–Crippen MR) is 129 cm³/mol. The summed E-state index contributed by atoms with van der Waals surface area (Å²) in [6.07, 6.45) is 8.63. The van der Waals surface area contributed by atoms with Crippen molar-refractivity contribution in [2.24, 2.45) is 63.6 Å². The fraction of sp³-hybridized carbons (Fsp3) is 1.00. The van der Waals surface area contributed by atoms with Crippen molar-refractivity contribution in [3.8, 4) is 0 Å². The third-order valence-corrected chi connectivity index (χ3v) is 12.8. The minimum absolute atomic E-state index is 0.0502. The van der Waals surface area contributed by atoms with Crippen molar-refractivity contribution in [1.82, 2.24) is 0 Å². The second-order valence-electron chi connectivity index (χ2n) is 13.5. The number of rotatable bonds is 6. The second-order valence-corrected chi connectivity index (χ2v) is 13.5. The summed E-state index contributed by atoms with van der Waals surface area (Å²) in [6, 6.07) is 0. The lowest BCUT2D eigenvalue weighted by Crippen LogP contribution is -2.57. The van der Waals surface area contributed by atoms with E-state index in [2.05, 4.69) is 20.8 Å². The Morgan fingerprint density at radius 2 is 1.72 bits per heavy atom. The average Bonchev–Trinajstić information content (AvgIpc) is 3.32. The Labute approximate surface area is 201 Å². The molecule has 0 bridgehead atoms. The molecule has 0 radical (unpaired) electrons. The van der Waals surface area contributed by atoms with Crippen molar-refractivity contribution in [3.05, 3.63) is 0 Å². The molecule has 0 heterocycles. The highest BCUT2D eigenvalue weighted by atomic mass is 16.5.